The number of ether oxygens (including phenoxy) is 1. The Kier molecular flexibility index (Phi) is 5.97. The Balaban J connectivity index is 1.52. The Hall–Kier alpha value is -3.00. The molecule has 7 nitrogen and oxygen atoms in total. The van der Waals surface area contributed by atoms with Gasteiger partial charge in [0, 0.05) is 17.1 Å². The second-order valence-corrected chi connectivity index (χ2v) is 6.19. The van der Waals surface area contributed by atoms with E-state index in [0.717, 1.165) is 0 Å². The van der Waals surface area contributed by atoms with Crippen molar-refractivity contribution >= 4 is 23.2 Å². The summed E-state index contributed by atoms with van der Waals surface area (Å²) in [7, 11) is 0. The highest BCUT2D eigenvalue weighted by Gasteiger charge is 2.11. The Labute approximate surface area is 160 Å². The fourth-order valence-electron chi connectivity index (χ4n) is 2.38. The lowest BCUT2D eigenvalue weighted by Gasteiger charge is -2.09. The molecule has 0 radical (unpaired) electrons. The Bertz CT molecular complexity index is 930. The summed E-state index contributed by atoms with van der Waals surface area (Å²) in [6.45, 7) is 2.05. The van der Waals surface area contributed by atoms with Gasteiger partial charge >= 0.3 is 0 Å². The summed E-state index contributed by atoms with van der Waals surface area (Å²) in [4.78, 5) is 12.1. The minimum Gasteiger partial charge on any atom is -0.494 e. The molecule has 2 aromatic carbocycles. The molecule has 0 aliphatic carbocycles. The number of carbonyl (C=O) groups excluding carboxylic acids is 1. The number of nitrogens with zero attached hydrogens (tertiary/aromatic N) is 4. The maximum absolute atomic E-state index is 14.0. The first-order valence-electron chi connectivity index (χ1n) is 8.26. The van der Waals surface area contributed by atoms with Gasteiger partial charge in [-0.2, -0.15) is 4.68 Å². The zero-order chi connectivity index (χ0) is 19.2. The quantitative estimate of drug-likeness (QED) is 0.625. The molecule has 0 fully saturated rings. The zero-order valence-corrected chi connectivity index (χ0v) is 15.3. The van der Waals surface area contributed by atoms with Crippen molar-refractivity contribution in [2.24, 2.45) is 0 Å². The zero-order valence-electron chi connectivity index (χ0n) is 14.5. The highest BCUT2D eigenvalue weighted by atomic mass is 35.5. The van der Waals surface area contributed by atoms with Crippen molar-refractivity contribution in [1.29, 1.82) is 0 Å². The van der Waals surface area contributed by atoms with Gasteiger partial charge in [-0.25, -0.2) is 4.39 Å². The van der Waals surface area contributed by atoms with E-state index in [2.05, 4.69) is 20.8 Å². The van der Waals surface area contributed by atoms with E-state index in [1.165, 1.54) is 22.9 Å². The van der Waals surface area contributed by atoms with Crippen LogP contribution in [-0.2, 0) is 4.79 Å². The SMILES string of the molecule is Cc1nnnn1-c1cc(NC(=O)CCCOc2ccc(Cl)cc2)ccc1F. The van der Waals surface area contributed by atoms with Crippen molar-refractivity contribution in [3.63, 3.8) is 0 Å². The fourth-order valence-corrected chi connectivity index (χ4v) is 2.51. The van der Waals surface area contributed by atoms with Gasteiger partial charge in [0.25, 0.3) is 0 Å². The number of hydrogen-bond acceptors (Lipinski definition) is 5. The second-order valence-electron chi connectivity index (χ2n) is 5.76. The van der Waals surface area contributed by atoms with E-state index in [1.807, 2.05) is 0 Å². The van der Waals surface area contributed by atoms with Crippen LogP contribution in [-0.4, -0.2) is 32.7 Å². The molecule has 3 aromatic rings. The summed E-state index contributed by atoms with van der Waals surface area (Å²) in [5.74, 6) is 0.456. The van der Waals surface area contributed by atoms with Crippen LogP contribution in [0.25, 0.3) is 5.69 Å². The van der Waals surface area contributed by atoms with Gasteiger partial charge < -0.3 is 10.1 Å². The number of rotatable bonds is 7. The van der Waals surface area contributed by atoms with Crippen LogP contribution in [0, 0.1) is 12.7 Å². The molecule has 1 aromatic heterocycles. The van der Waals surface area contributed by atoms with E-state index < -0.39 is 5.82 Å². The van der Waals surface area contributed by atoms with Gasteiger partial charge in [0.05, 0.1) is 6.61 Å². The van der Waals surface area contributed by atoms with Crippen LogP contribution < -0.4 is 10.1 Å². The molecule has 0 unspecified atom stereocenters. The molecule has 0 aliphatic heterocycles. The minimum absolute atomic E-state index is 0.168. The third-order valence-electron chi connectivity index (χ3n) is 3.71. The molecule has 0 atom stereocenters. The van der Waals surface area contributed by atoms with Gasteiger partial charge in [-0.15, -0.1) is 5.10 Å². The second kappa shape index (κ2) is 8.59. The lowest BCUT2D eigenvalue weighted by atomic mass is 10.2. The van der Waals surface area contributed by atoms with Crippen LogP contribution in [0.4, 0.5) is 10.1 Å². The number of aryl methyl sites for hydroxylation is 1. The molecule has 0 bridgehead atoms. The third kappa shape index (κ3) is 5.01. The lowest BCUT2D eigenvalue weighted by molar-refractivity contribution is -0.116. The standard InChI is InChI=1S/C18H17ClFN5O2/c1-12-22-23-24-25(12)17-11-14(6-9-16(17)20)21-18(26)3-2-10-27-15-7-4-13(19)5-8-15/h4-9,11H,2-3,10H2,1H3,(H,21,26). The molecule has 3 rings (SSSR count). The number of anilines is 1. The highest BCUT2D eigenvalue weighted by molar-refractivity contribution is 6.30. The Morgan fingerprint density at radius 3 is 2.74 bits per heavy atom. The molecular formula is C18H17ClFN5O2. The number of halogens is 2. The number of nitrogens with one attached hydrogen (secondary N) is 1. The third-order valence-corrected chi connectivity index (χ3v) is 3.97. The number of tetrazole rings is 1. The van der Waals surface area contributed by atoms with E-state index in [0.29, 0.717) is 35.3 Å². The van der Waals surface area contributed by atoms with Gasteiger partial charge in [-0.1, -0.05) is 11.6 Å². The predicted octanol–water partition coefficient (Wildman–Crippen LogP) is 3.56. The number of carbonyl (C=O) groups is 1. The molecule has 0 aliphatic rings. The lowest BCUT2D eigenvalue weighted by Crippen LogP contribution is -2.13. The number of hydrogen-bond donors (Lipinski definition) is 1. The fraction of sp³-hybridized carbons (Fsp3) is 0.222. The van der Waals surface area contributed by atoms with Crippen LogP contribution in [0.3, 0.4) is 0 Å². The summed E-state index contributed by atoms with van der Waals surface area (Å²) in [6.07, 6.45) is 0.804. The van der Waals surface area contributed by atoms with Crippen molar-refractivity contribution in [2.45, 2.75) is 19.8 Å². The predicted molar refractivity (Wildman–Crippen MR) is 98.7 cm³/mol. The normalized spacial score (nSPS) is 10.6. The molecule has 27 heavy (non-hydrogen) atoms. The van der Waals surface area contributed by atoms with Crippen LogP contribution in [0.5, 0.6) is 5.75 Å². The molecule has 9 heteroatoms. The number of aromatic nitrogens is 4. The summed E-state index contributed by atoms with van der Waals surface area (Å²) >= 11 is 5.81. The van der Waals surface area contributed by atoms with Crippen molar-refractivity contribution in [1.82, 2.24) is 20.2 Å². The molecule has 140 valence electrons. The van der Waals surface area contributed by atoms with Gasteiger partial charge in [0.2, 0.25) is 5.91 Å². The highest BCUT2D eigenvalue weighted by Crippen LogP contribution is 2.19. The molecule has 0 saturated carbocycles. The maximum Gasteiger partial charge on any atom is 0.224 e. The van der Waals surface area contributed by atoms with Gasteiger partial charge in [0.15, 0.2) is 5.82 Å². The molecule has 0 saturated heterocycles. The Morgan fingerprint density at radius 1 is 1.26 bits per heavy atom. The van der Waals surface area contributed by atoms with E-state index in [9.17, 15) is 9.18 Å². The molecular weight excluding hydrogens is 373 g/mol. The van der Waals surface area contributed by atoms with Crippen LogP contribution >= 0.6 is 11.6 Å². The van der Waals surface area contributed by atoms with Crippen LogP contribution in [0.15, 0.2) is 42.5 Å². The van der Waals surface area contributed by atoms with Crippen molar-refractivity contribution < 1.29 is 13.9 Å². The average Bonchev–Trinajstić information content (AvgIpc) is 3.08. The average molecular weight is 390 g/mol. The molecule has 0 spiro atoms. The monoisotopic (exact) mass is 389 g/mol. The van der Waals surface area contributed by atoms with Crippen molar-refractivity contribution in [3.05, 3.63) is 59.1 Å². The van der Waals surface area contributed by atoms with E-state index in [4.69, 9.17) is 16.3 Å². The smallest absolute Gasteiger partial charge is 0.224 e. The van der Waals surface area contributed by atoms with E-state index in [-0.39, 0.29) is 18.0 Å². The topological polar surface area (TPSA) is 81.9 Å². The molecule has 1 N–H and O–H groups in total. The van der Waals surface area contributed by atoms with Crippen molar-refractivity contribution in [2.75, 3.05) is 11.9 Å². The largest absolute Gasteiger partial charge is 0.494 e. The van der Waals surface area contributed by atoms with Gasteiger partial charge in [-0.3, -0.25) is 4.79 Å². The minimum atomic E-state index is -0.486. The van der Waals surface area contributed by atoms with Crippen LogP contribution in [0.1, 0.15) is 18.7 Å². The maximum atomic E-state index is 14.0. The van der Waals surface area contributed by atoms with Gasteiger partial charge in [-0.05, 0) is 66.2 Å². The molecule has 1 heterocycles. The summed E-state index contributed by atoms with van der Waals surface area (Å²) in [5, 5.41) is 14.3. The summed E-state index contributed by atoms with van der Waals surface area (Å²) < 4.78 is 20.8. The number of amides is 1. The van der Waals surface area contributed by atoms with Gasteiger partial charge in [0.1, 0.15) is 17.3 Å². The molecule has 1 amide bonds. The first-order valence-corrected chi connectivity index (χ1v) is 8.64. The first-order chi connectivity index (χ1) is 13.0. The van der Waals surface area contributed by atoms with E-state index >= 15 is 0 Å². The number of benzene rings is 2. The summed E-state index contributed by atoms with van der Waals surface area (Å²) in [6, 6.07) is 11.2. The first kappa shape index (κ1) is 18.8. The Morgan fingerprint density at radius 2 is 2.04 bits per heavy atom. The van der Waals surface area contributed by atoms with E-state index in [1.54, 1.807) is 31.2 Å². The van der Waals surface area contributed by atoms with Crippen molar-refractivity contribution in [3.8, 4) is 11.4 Å². The van der Waals surface area contributed by atoms with Crippen LogP contribution in [0.2, 0.25) is 5.02 Å². The summed E-state index contributed by atoms with van der Waals surface area (Å²) in [5.41, 5.74) is 0.631.